The van der Waals surface area contributed by atoms with Gasteiger partial charge in [-0.25, -0.2) is 0 Å². The molecule has 2 aromatic carbocycles. The highest BCUT2D eigenvalue weighted by Crippen LogP contribution is 2.26. The highest BCUT2D eigenvalue weighted by molar-refractivity contribution is 7.97. The van der Waals surface area contributed by atoms with Crippen LogP contribution in [-0.4, -0.2) is 26.7 Å². The quantitative estimate of drug-likeness (QED) is 0.653. The number of ether oxygens (including phenoxy) is 1. The average molecular weight is 300 g/mol. The van der Waals surface area contributed by atoms with E-state index in [-0.39, 0.29) is 0 Å². The smallest absolute Gasteiger partial charge is 0.118 e. The van der Waals surface area contributed by atoms with Crippen molar-refractivity contribution in [3.63, 3.8) is 0 Å². The van der Waals surface area contributed by atoms with Crippen LogP contribution in [0.1, 0.15) is 5.56 Å². The first-order valence-electron chi connectivity index (χ1n) is 7.23. The third-order valence-electron chi connectivity index (χ3n) is 3.72. The van der Waals surface area contributed by atoms with Crippen LogP contribution in [0.2, 0.25) is 0 Å². The lowest BCUT2D eigenvalue weighted by atomic mass is 10.2. The van der Waals surface area contributed by atoms with Crippen molar-refractivity contribution in [2.24, 2.45) is 0 Å². The molecule has 0 aliphatic carbocycles. The summed E-state index contributed by atoms with van der Waals surface area (Å²) in [7, 11) is 1.69. The molecule has 0 bridgehead atoms. The van der Waals surface area contributed by atoms with E-state index in [2.05, 4.69) is 46.0 Å². The van der Waals surface area contributed by atoms with Crippen LogP contribution in [0.4, 0.5) is 5.69 Å². The molecule has 0 atom stereocenters. The van der Waals surface area contributed by atoms with Gasteiger partial charge in [0.25, 0.3) is 0 Å². The van der Waals surface area contributed by atoms with E-state index in [1.807, 2.05) is 12.1 Å². The standard InChI is InChI=1S/C17H20N2OS/c1-20-15-6-8-16(9-7-15)21-18-11-13-19-12-10-14-4-2-3-5-17(14)19/h2-9,18H,10-13H2,1H3. The van der Waals surface area contributed by atoms with Gasteiger partial charge < -0.3 is 9.64 Å². The first-order valence-corrected chi connectivity index (χ1v) is 8.05. The molecule has 0 saturated heterocycles. The van der Waals surface area contributed by atoms with Gasteiger partial charge in [0.05, 0.1) is 7.11 Å². The SMILES string of the molecule is COc1ccc(SNCCN2CCc3ccccc32)cc1. The Kier molecular flexibility index (Phi) is 4.68. The third kappa shape index (κ3) is 3.52. The summed E-state index contributed by atoms with van der Waals surface area (Å²) >= 11 is 1.67. The van der Waals surface area contributed by atoms with Gasteiger partial charge in [-0.2, -0.15) is 0 Å². The number of benzene rings is 2. The van der Waals surface area contributed by atoms with Crippen molar-refractivity contribution in [1.82, 2.24) is 4.72 Å². The van der Waals surface area contributed by atoms with Crippen molar-refractivity contribution in [1.29, 1.82) is 0 Å². The van der Waals surface area contributed by atoms with E-state index < -0.39 is 0 Å². The Morgan fingerprint density at radius 1 is 1.14 bits per heavy atom. The Bertz CT molecular complexity index is 586. The minimum absolute atomic E-state index is 0.896. The number of nitrogens with zero attached hydrogens (tertiary/aromatic N) is 1. The Morgan fingerprint density at radius 3 is 2.76 bits per heavy atom. The zero-order chi connectivity index (χ0) is 14.5. The van der Waals surface area contributed by atoms with Gasteiger partial charge in [0.2, 0.25) is 0 Å². The van der Waals surface area contributed by atoms with Gasteiger partial charge in [0.15, 0.2) is 0 Å². The molecule has 1 heterocycles. The highest BCUT2D eigenvalue weighted by atomic mass is 32.2. The molecule has 21 heavy (non-hydrogen) atoms. The Hall–Kier alpha value is -1.65. The number of methoxy groups -OCH3 is 1. The molecule has 1 aliphatic rings. The van der Waals surface area contributed by atoms with E-state index in [1.165, 1.54) is 22.6 Å². The van der Waals surface area contributed by atoms with Crippen LogP contribution in [0.3, 0.4) is 0 Å². The number of fused-ring (bicyclic) bond motifs is 1. The topological polar surface area (TPSA) is 24.5 Å². The molecule has 1 aliphatic heterocycles. The maximum absolute atomic E-state index is 5.16. The fourth-order valence-corrected chi connectivity index (χ4v) is 3.23. The van der Waals surface area contributed by atoms with Crippen LogP contribution < -0.4 is 14.4 Å². The van der Waals surface area contributed by atoms with Crippen LogP contribution in [0, 0.1) is 0 Å². The molecule has 0 aromatic heterocycles. The van der Waals surface area contributed by atoms with Crippen LogP contribution >= 0.6 is 11.9 Å². The monoisotopic (exact) mass is 300 g/mol. The van der Waals surface area contributed by atoms with Crippen molar-refractivity contribution in [3.05, 3.63) is 54.1 Å². The van der Waals surface area contributed by atoms with E-state index in [0.717, 1.165) is 25.4 Å². The molecule has 0 radical (unpaired) electrons. The minimum Gasteiger partial charge on any atom is -0.497 e. The van der Waals surface area contributed by atoms with Gasteiger partial charge in [-0.05, 0) is 54.3 Å². The van der Waals surface area contributed by atoms with E-state index in [9.17, 15) is 0 Å². The summed E-state index contributed by atoms with van der Waals surface area (Å²) in [4.78, 5) is 3.66. The summed E-state index contributed by atoms with van der Waals surface area (Å²) in [6, 6.07) is 16.8. The minimum atomic E-state index is 0.896. The van der Waals surface area contributed by atoms with Crippen molar-refractivity contribution in [3.8, 4) is 5.75 Å². The summed E-state index contributed by atoms with van der Waals surface area (Å²) < 4.78 is 8.59. The highest BCUT2D eigenvalue weighted by Gasteiger charge is 2.17. The second-order valence-corrected chi connectivity index (χ2v) is 6.00. The van der Waals surface area contributed by atoms with Crippen LogP contribution in [0.25, 0.3) is 0 Å². The first kappa shape index (κ1) is 14.3. The molecule has 3 nitrogen and oxygen atoms in total. The maximum Gasteiger partial charge on any atom is 0.118 e. The van der Waals surface area contributed by atoms with Crippen molar-refractivity contribution in [2.45, 2.75) is 11.3 Å². The van der Waals surface area contributed by atoms with Crippen molar-refractivity contribution in [2.75, 3.05) is 31.6 Å². The molecule has 1 N–H and O–H groups in total. The summed E-state index contributed by atoms with van der Waals surface area (Å²) in [5.41, 5.74) is 2.87. The lowest BCUT2D eigenvalue weighted by molar-refractivity contribution is 0.414. The molecule has 0 unspecified atom stereocenters. The van der Waals surface area contributed by atoms with Gasteiger partial charge in [-0.3, -0.25) is 4.72 Å². The fourth-order valence-electron chi connectivity index (χ4n) is 2.60. The number of hydrogen-bond donors (Lipinski definition) is 1. The van der Waals surface area contributed by atoms with Gasteiger partial charge in [0.1, 0.15) is 5.75 Å². The number of nitrogens with one attached hydrogen (secondary N) is 1. The summed E-state index contributed by atoms with van der Waals surface area (Å²) in [5, 5.41) is 0. The Balaban J connectivity index is 1.44. The third-order valence-corrected chi connectivity index (χ3v) is 4.57. The number of anilines is 1. The Labute approximate surface area is 130 Å². The van der Waals surface area contributed by atoms with E-state index >= 15 is 0 Å². The van der Waals surface area contributed by atoms with E-state index in [0.29, 0.717) is 0 Å². The van der Waals surface area contributed by atoms with Gasteiger partial charge in [0, 0.05) is 30.2 Å². The summed E-state index contributed by atoms with van der Waals surface area (Å²) in [6.07, 6.45) is 1.17. The van der Waals surface area contributed by atoms with E-state index in [1.54, 1.807) is 19.1 Å². The second kappa shape index (κ2) is 6.87. The lowest BCUT2D eigenvalue weighted by Gasteiger charge is -2.19. The average Bonchev–Trinajstić information content (AvgIpc) is 2.95. The number of hydrogen-bond acceptors (Lipinski definition) is 4. The summed E-state index contributed by atoms with van der Waals surface area (Å²) in [6.45, 7) is 3.14. The Morgan fingerprint density at radius 2 is 1.95 bits per heavy atom. The molecule has 0 spiro atoms. The maximum atomic E-state index is 5.16. The molecular formula is C17H20N2OS. The van der Waals surface area contributed by atoms with Gasteiger partial charge in [-0.15, -0.1) is 0 Å². The molecule has 0 fully saturated rings. The van der Waals surface area contributed by atoms with Crippen LogP contribution in [0.5, 0.6) is 5.75 Å². The largest absolute Gasteiger partial charge is 0.497 e. The molecule has 2 aromatic rings. The van der Waals surface area contributed by atoms with Crippen molar-refractivity contribution >= 4 is 17.6 Å². The lowest BCUT2D eigenvalue weighted by Crippen LogP contribution is -2.28. The molecule has 0 saturated carbocycles. The van der Waals surface area contributed by atoms with Crippen molar-refractivity contribution < 1.29 is 4.74 Å². The first-order chi connectivity index (χ1) is 10.4. The van der Waals surface area contributed by atoms with E-state index in [4.69, 9.17) is 4.74 Å². The predicted octanol–water partition coefficient (Wildman–Crippen LogP) is 3.35. The molecule has 3 rings (SSSR count). The molecular weight excluding hydrogens is 280 g/mol. The normalized spacial score (nSPS) is 13.3. The fraction of sp³-hybridized carbons (Fsp3) is 0.294. The molecule has 110 valence electrons. The zero-order valence-electron chi connectivity index (χ0n) is 12.2. The van der Waals surface area contributed by atoms with Crippen LogP contribution in [-0.2, 0) is 6.42 Å². The number of rotatable bonds is 6. The molecule has 4 heteroatoms. The molecule has 0 amide bonds. The van der Waals surface area contributed by atoms with Gasteiger partial charge >= 0.3 is 0 Å². The number of para-hydroxylation sites is 1. The van der Waals surface area contributed by atoms with Crippen LogP contribution in [0.15, 0.2) is 53.4 Å². The van der Waals surface area contributed by atoms with Gasteiger partial charge in [-0.1, -0.05) is 18.2 Å². The predicted molar refractivity (Wildman–Crippen MR) is 89.2 cm³/mol. The zero-order valence-corrected chi connectivity index (χ0v) is 13.0. The second-order valence-electron chi connectivity index (χ2n) is 5.04. The summed E-state index contributed by atoms with van der Waals surface area (Å²) in [5.74, 6) is 0.896.